The molecule has 0 aliphatic carbocycles. The minimum atomic E-state index is -0.403. The molecule has 0 aliphatic rings. The number of aryl methyl sites for hydroxylation is 2. The molecule has 0 aliphatic heterocycles. The summed E-state index contributed by atoms with van der Waals surface area (Å²) in [6, 6.07) is 15.4. The number of anilines is 1. The molecule has 0 bridgehead atoms. The van der Waals surface area contributed by atoms with Gasteiger partial charge >= 0.3 is 5.97 Å². The summed E-state index contributed by atoms with van der Waals surface area (Å²) in [6.45, 7) is 5.40. The Labute approximate surface area is 146 Å². The highest BCUT2D eigenvalue weighted by molar-refractivity contribution is 8.00. The average Bonchev–Trinajstić information content (AvgIpc) is 2.56. The Morgan fingerprint density at radius 2 is 1.83 bits per heavy atom. The first-order chi connectivity index (χ1) is 11.5. The maximum Gasteiger partial charge on any atom is 0.319 e. The van der Waals surface area contributed by atoms with Gasteiger partial charge in [0.05, 0.1) is 0 Å². The van der Waals surface area contributed by atoms with Crippen molar-refractivity contribution in [2.75, 3.05) is 11.9 Å². The van der Waals surface area contributed by atoms with E-state index in [0.717, 1.165) is 21.7 Å². The molecule has 0 radical (unpaired) electrons. The maximum atomic E-state index is 12.0. The molecule has 0 saturated heterocycles. The van der Waals surface area contributed by atoms with Gasteiger partial charge in [0.25, 0.3) is 5.91 Å². The van der Waals surface area contributed by atoms with Crippen molar-refractivity contribution in [1.29, 1.82) is 0 Å². The van der Waals surface area contributed by atoms with E-state index < -0.39 is 5.97 Å². The van der Waals surface area contributed by atoms with Crippen molar-refractivity contribution < 1.29 is 14.3 Å². The Balaban J connectivity index is 1.81. The van der Waals surface area contributed by atoms with Gasteiger partial charge < -0.3 is 10.1 Å². The van der Waals surface area contributed by atoms with Crippen LogP contribution in [0.4, 0.5) is 5.69 Å². The Bertz CT molecular complexity index is 716. The van der Waals surface area contributed by atoms with Gasteiger partial charge in [-0.2, -0.15) is 0 Å². The van der Waals surface area contributed by atoms with Crippen LogP contribution in [0, 0.1) is 13.8 Å². The summed E-state index contributed by atoms with van der Waals surface area (Å²) < 4.78 is 5.10. The molecule has 2 aromatic carbocycles. The number of ether oxygens (including phenoxy) is 1. The summed E-state index contributed by atoms with van der Waals surface area (Å²) >= 11 is 1.41. The Kier molecular flexibility index (Phi) is 6.44. The van der Waals surface area contributed by atoms with Gasteiger partial charge in [0, 0.05) is 10.6 Å². The summed E-state index contributed by atoms with van der Waals surface area (Å²) in [5, 5.41) is 2.38. The smallest absolute Gasteiger partial charge is 0.319 e. The fourth-order valence-electron chi connectivity index (χ4n) is 2.15. The lowest BCUT2D eigenvalue weighted by molar-refractivity contribution is -0.146. The Hall–Kier alpha value is -2.27. The highest BCUT2D eigenvalue weighted by Crippen LogP contribution is 2.23. The molecule has 0 heterocycles. The van der Waals surface area contributed by atoms with Crippen molar-refractivity contribution in [3.05, 3.63) is 59.7 Å². The largest absolute Gasteiger partial charge is 0.455 e. The van der Waals surface area contributed by atoms with Crippen LogP contribution in [0.3, 0.4) is 0 Å². The first kappa shape index (κ1) is 18.1. The summed E-state index contributed by atoms with van der Waals surface area (Å²) in [6.07, 6.45) is 0. The van der Waals surface area contributed by atoms with E-state index in [1.54, 1.807) is 6.92 Å². The molecule has 1 amide bonds. The lowest BCUT2D eigenvalue weighted by Crippen LogP contribution is -2.25. The molecule has 1 N–H and O–H groups in total. The second kappa shape index (κ2) is 8.55. The zero-order chi connectivity index (χ0) is 17.5. The van der Waals surface area contributed by atoms with Crippen LogP contribution in [0.2, 0.25) is 0 Å². The van der Waals surface area contributed by atoms with Crippen LogP contribution < -0.4 is 5.32 Å². The van der Waals surface area contributed by atoms with E-state index in [1.807, 2.05) is 62.4 Å². The van der Waals surface area contributed by atoms with Crippen LogP contribution in [0.1, 0.15) is 18.1 Å². The van der Waals surface area contributed by atoms with Gasteiger partial charge in [-0.05, 0) is 44.5 Å². The first-order valence-corrected chi connectivity index (χ1v) is 8.59. The molecule has 0 spiro atoms. The van der Waals surface area contributed by atoms with Crippen molar-refractivity contribution in [3.8, 4) is 0 Å². The summed E-state index contributed by atoms with van der Waals surface area (Å²) in [7, 11) is 0. The number of esters is 1. The van der Waals surface area contributed by atoms with E-state index in [-0.39, 0.29) is 17.8 Å². The van der Waals surface area contributed by atoms with Gasteiger partial charge in [-0.3, -0.25) is 9.59 Å². The van der Waals surface area contributed by atoms with Gasteiger partial charge in [-0.25, -0.2) is 0 Å². The minimum absolute atomic E-state index is 0.286. The van der Waals surface area contributed by atoms with Crippen molar-refractivity contribution >= 4 is 29.3 Å². The molecule has 126 valence electrons. The standard InChI is InChI=1S/C19H21NO3S/c1-13-9-10-17(14(2)11-13)20-18(21)12-23-19(22)15(3)24-16-7-5-4-6-8-16/h4-11,15H,12H2,1-3H3,(H,20,21)/t15-/m0/s1. The number of hydrogen-bond donors (Lipinski definition) is 1. The molecule has 2 aromatic rings. The summed E-state index contributed by atoms with van der Waals surface area (Å²) in [5.74, 6) is -0.744. The molecular formula is C19H21NO3S. The molecule has 0 saturated carbocycles. The molecule has 2 rings (SSSR count). The summed E-state index contributed by atoms with van der Waals surface area (Å²) in [5.41, 5.74) is 2.83. The van der Waals surface area contributed by atoms with Crippen molar-refractivity contribution in [2.24, 2.45) is 0 Å². The van der Waals surface area contributed by atoms with Crippen LogP contribution >= 0.6 is 11.8 Å². The zero-order valence-electron chi connectivity index (χ0n) is 14.0. The lowest BCUT2D eigenvalue weighted by atomic mass is 10.1. The van der Waals surface area contributed by atoms with Crippen LogP contribution in [0.5, 0.6) is 0 Å². The van der Waals surface area contributed by atoms with Gasteiger partial charge in [-0.15, -0.1) is 11.8 Å². The average molecular weight is 343 g/mol. The molecule has 24 heavy (non-hydrogen) atoms. The van der Waals surface area contributed by atoms with Gasteiger partial charge in [0.2, 0.25) is 0 Å². The van der Waals surface area contributed by atoms with Crippen LogP contribution in [-0.2, 0) is 14.3 Å². The second-order valence-corrected chi connectivity index (χ2v) is 6.96. The topological polar surface area (TPSA) is 55.4 Å². The van der Waals surface area contributed by atoms with Crippen molar-refractivity contribution in [3.63, 3.8) is 0 Å². The van der Waals surface area contributed by atoms with E-state index >= 15 is 0 Å². The SMILES string of the molecule is Cc1ccc(NC(=O)COC(=O)[C@H](C)Sc2ccccc2)c(C)c1. The van der Waals surface area contributed by atoms with E-state index in [1.165, 1.54) is 11.8 Å². The molecular weight excluding hydrogens is 322 g/mol. The highest BCUT2D eigenvalue weighted by atomic mass is 32.2. The van der Waals surface area contributed by atoms with Crippen LogP contribution in [0.15, 0.2) is 53.4 Å². The van der Waals surface area contributed by atoms with Crippen LogP contribution in [-0.4, -0.2) is 23.7 Å². The van der Waals surface area contributed by atoms with Gasteiger partial charge in [-0.1, -0.05) is 35.9 Å². The predicted molar refractivity (Wildman–Crippen MR) is 97.3 cm³/mol. The number of nitrogens with one attached hydrogen (secondary N) is 1. The number of rotatable bonds is 6. The van der Waals surface area contributed by atoms with E-state index in [2.05, 4.69) is 5.32 Å². The first-order valence-electron chi connectivity index (χ1n) is 7.71. The number of amides is 1. The molecule has 1 atom stereocenters. The van der Waals surface area contributed by atoms with Gasteiger partial charge in [0.15, 0.2) is 6.61 Å². The van der Waals surface area contributed by atoms with E-state index in [9.17, 15) is 9.59 Å². The van der Waals surface area contributed by atoms with Crippen molar-refractivity contribution in [1.82, 2.24) is 0 Å². The maximum absolute atomic E-state index is 12.0. The highest BCUT2D eigenvalue weighted by Gasteiger charge is 2.17. The zero-order valence-corrected chi connectivity index (χ0v) is 14.9. The Morgan fingerprint density at radius 3 is 2.50 bits per heavy atom. The second-order valence-electron chi connectivity index (χ2n) is 5.55. The number of carbonyl (C=O) groups is 2. The monoisotopic (exact) mass is 343 g/mol. The third-order valence-electron chi connectivity index (χ3n) is 3.39. The number of carbonyl (C=O) groups excluding carboxylic acids is 2. The molecule has 0 fully saturated rings. The van der Waals surface area contributed by atoms with E-state index in [4.69, 9.17) is 4.74 Å². The lowest BCUT2D eigenvalue weighted by Gasteiger charge is -2.12. The predicted octanol–water partition coefficient (Wildman–Crippen LogP) is 3.97. The number of benzene rings is 2. The van der Waals surface area contributed by atoms with Crippen molar-refractivity contribution in [2.45, 2.75) is 30.9 Å². The third kappa shape index (κ3) is 5.42. The normalized spacial score (nSPS) is 11.6. The molecule has 0 aromatic heterocycles. The molecule has 0 unspecified atom stereocenters. The minimum Gasteiger partial charge on any atom is -0.455 e. The van der Waals surface area contributed by atoms with Gasteiger partial charge in [0.1, 0.15) is 5.25 Å². The number of thioether (sulfide) groups is 1. The quantitative estimate of drug-likeness (QED) is 0.637. The molecule has 4 nitrogen and oxygen atoms in total. The van der Waals surface area contributed by atoms with E-state index in [0.29, 0.717) is 0 Å². The third-order valence-corrected chi connectivity index (χ3v) is 4.48. The summed E-state index contributed by atoms with van der Waals surface area (Å²) in [4.78, 5) is 24.9. The van der Waals surface area contributed by atoms with Crippen LogP contribution in [0.25, 0.3) is 0 Å². The molecule has 5 heteroatoms. The fraction of sp³-hybridized carbons (Fsp3) is 0.263. The fourth-order valence-corrected chi connectivity index (χ4v) is 3.03. The Morgan fingerprint density at radius 1 is 1.12 bits per heavy atom. The number of hydrogen-bond acceptors (Lipinski definition) is 4.